The van der Waals surface area contributed by atoms with Crippen molar-refractivity contribution in [1.82, 2.24) is 0 Å². The first-order chi connectivity index (χ1) is 8.17. The number of hydrogen-bond donors (Lipinski definition) is 1. The second-order valence-electron chi connectivity index (χ2n) is 4.19. The van der Waals surface area contributed by atoms with E-state index in [1.807, 2.05) is 0 Å². The van der Waals surface area contributed by atoms with Crippen LogP contribution in [0, 0.1) is 4.51 Å². The monoisotopic (exact) mass is 256 g/mol. The number of nitrogens with zero attached hydrogens (tertiary/aromatic N) is 1. The van der Waals surface area contributed by atoms with Crippen LogP contribution >= 0.6 is 12.2 Å². The number of nitrogens with one attached hydrogen (secondary N) is 1. The number of hydrogen-bond acceptors (Lipinski definition) is 4. The third-order valence-corrected chi connectivity index (χ3v) is 3.44. The third-order valence-electron chi connectivity index (χ3n) is 3.05. The van der Waals surface area contributed by atoms with Crippen molar-refractivity contribution in [3.8, 4) is 0 Å². The van der Waals surface area contributed by atoms with Gasteiger partial charge in [-0.1, -0.05) is 32.0 Å². The molecule has 0 spiro atoms. The lowest BCUT2D eigenvalue weighted by molar-refractivity contribution is 0.742. The summed E-state index contributed by atoms with van der Waals surface area (Å²) in [4.78, 5) is 13.8. The van der Waals surface area contributed by atoms with Crippen LogP contribution in [0.2, 0.25) is 0 Å². The normalized spacial score (nSPS) is 10.8. The molecule has 0 atom stereocenters. The molecule has 17 heavy (non-hydrogen) atoms. The molecule has 0 bridgehead atoms. The Kier molecular flexibility index (Phi) is 5.62. The van der Waals surface area contributed by atoms with Crippen LogP contribution in [0.3, 0.4) is 0 Å². The molecule has 1 N–H and O–H groups in total. The van der Waals surface area contributed by atoms with Crippen LogP contribution in [0.25, 0.3) is 0 Å². The molecular weight excluding hydrogens is 232 g/mol. The number of rotatable bonds is 8. The average Bonchev–Trinajstić information content (AvgIpc) is 2.36. The molecule has 1 aromatic rings. The summed E-state index contributed by atoms with van der Waals surface area (Å²) in [6.45, 7) is 8.89. The van der Waals surface area contributed by atoms with Crippen LogP contribution in [0.5, 0.6) is 0 Å². The quantitative estimate of drug-likeness (QED) is 0.571. The fraction of sp³-hybridized carbons (Fsp3) is 0.692. The van der Waals surface area contributed by atoms with Crippen molar-refractivity contribution in [3.05, 3.63) is 14.7 Å². The maximum absolute atomic E-state index is 11.7. The smallest absolute Gasteiger partial charge is 0.224 e. The van der Waals surface area contributed by atoms with Crippen molar-refractivity contribution in [2.45, 2.75) is 40.0 Å². The summed E-state index contributed by atoms with van der Waals surface area (Å²) in [5.41, 5.74) is 1.71. The van der Waals surface area contributed by atoms with E-state index in [-0.39, 0.29) is 6.86 Å². The zero-order valence-electron chi connectivity index (χ0n) is 11.0. The van der Waals surface area contributed by atoms with Gasteiger partial charge in [-0.25, -0.2) is 0 Å². The van der Waals surface area contributed by atoms with Crippen LogP contribution in [0.4, 0.5) is 11.4 Å². The van der Waals surface area contributed by atoms with Gasteiger partial charge in [0.2, 0.25) is 5.43 Å². The zero-order chi connectivity index (χ0) is 12.8. The van der Waals surface area contributed by atoms with Gasteiger partial charge in [-0.15, -0.1) is 0 Å². The molecular formula is C13H24N2OS. The molecule has 0 heterocycles. The Balaban J connectivity index is 0.00000289. The first-order valence-electron chi connectivity index (χ1n) is 6.49. The second kappa shape index (κ2) is 6.74. The fourth-order valence-electron chi connectivity index (χ4n) is 1.97. The number of anilines is 2. The second-order valence-corrected chi connectivity index (χ2v) is 4.60. The van der Waals surface area contributed by atoms with E-state index < -0.39 is 0 Å². The molecule has 3 nitrogen and oxygen atoms in total. The van der Waals surface area contributed by atoms with Crippen LogP contribution in [0.1, 0.15) is 41.5 Å². The SMILES string of the molecule is CCCCCNc1c(N(CC)CC)c(=O)c1=S.[HH]. The van der Waals surface area contributed by atoms with E-state index >= 15 is 0 Å². The average molecular weight is 256 g/mol. The Hall–Kier alpha value is -0.900. The molecule has 0 saturated heterocycles. The Morgan fingerprint density at radius 1 is 1.24 bits per heavy atom. The summed E-state index contributed by atoms with van der Waals surface area (Å²) in [6, 6.07) is 0. The summed E-state index contributed by atoms with van der Waals surface area (Å²) in [5, 5.41) is 3.31. The Bertz CT molecular complexity index is 423. The van der Waals surface area contributed by atoms with Gasteiger partial charge in [-0.3, -0.25) is 4.79 Å². The highest BCUT2D eigenvalue weighted by atomic mass is 32.1. The highest BCUT2D eigenvalue weighted by molar-refractivity contribution is 7.71. The van der Waals surface area contributed by atoms with Gasteiger partial charge in [0.25, 0.3) is 0 Å². The van der Waals surface area contributed by atoms with Gasteiger partial charge in [0, 0.05) is 21.1 Å². The summed E-state index contributed by atoms with van der Waals surface area (Å²) in [6.07, 6.45) is 3.54. The first kappa shape index (κ1) is 14.2. The molecule has 0 aliphatic rings. The minimum Gasteiger partial charge on any atom is -0.382 e. The molecule has 0 saturated carbocycles. The fourth-order valence-corrected chi connectivity index (χ4v) is 2.24. The Morgan fingerprint density at radius 2 is 1.88 bits per heavy atom. The molecule has 0 amide bonds. The molecule has 1 aromatic carbocycles. The van der Waals surface area contributed by atoms with Gasteiger partial charge in [-0.05, 0) is 20.3 Å². The molecule has 0 fully saturated rings. The van der Waals surface area contributed by atoms with E-state index in [0.717, 1.165) is 37.4 Å². The van der Waals surface area contributed by atoms with E-state index in [1.165, 1.54) is 12.8 Å². The van der Waals surface area contributed by atoms with E-state index in [4.69, 9.17) is 12.2 Å². The molecule has 0 aliphatic carbocycles. The van der Waals surface area contributed by atoms with Crippen LogP contribution in [-0.4, -0.2) is 19.6 Å². The maximum atomic E-state index is 11.7. The summed E-state index contributed by atoms with van der Waals surface area (Å²) < 4.78 is 0.475. The molecule has 0 unspecified atom stereocenters. The highest BCUT2D eigenvalue weighted by Gasteiger charge is 2.21. The maximum Gasteiger partial charge on any atom is 0.224 e. The predicted octanol–water partition coefficient (Wildman–Crippen LogP) is 3.35. The number of unbranched alkanes of at least 4 members (excludes halogenated alkanes) is 2. The standard InChI is InChI=1S/C13H22N2OS.H2/c1-4-7-8-9-14-10-11(12(16)13(10)17)15(5-2)6-3;/h14H,4-9H2,1-3H3;1H. The summed E-state index contributed by atoms with van der Waals surface area (Å²) in [7, 11) is 0. The van der Waals surface area contributed by atoms with Gasteiger partial charge in [0.1, 0.15) is 10.2 Å². The minimum atomic E-state index is 0. The van der Waals surface area contributed by atoms with Crippen molar-refractivity contribution in [1.29, 1.82) is 0 Å². The van der Waals surface area contributed by atoms with Crippen molar-refractivity contribution < 1.29 is 1.43 Å². The minimum absolute atomic E-state index is 0. The molecule has 98 valence electrons. The topological polar surface area (TPSA) is 32.3 Å². The largest absolute Gasteiger partial charge is 0.382 e. The van der Waals surface area contributed by atoms with Gasteiger partial charge in [0.15, 0.2) is 0 Å². The van der Waals surface area contributed by atoms with E-state index in [9.17, 15) is 4.79 Å². The zero-order valence-corrected chi connectivity index (χ0v) is 11.8. The van der Waals surface area contributed by atoms with Crippen molar-refractivity contribution in [2.24, 2.45) is 0 Å². The van der Waals surface area contributed by atoms with Crippen LogP contribution in [0.15, 0.2) is 4.79 Å². The molecule has 4 heteroatoms. The highest BCUT2D eigenvalue weighted by Crippen LogP contribution is 2.26. The van der Waals surface area contributed by atoms with Crippen molar-refractivity contribution >= 4 is 23.6 Å². The molecule has 0 aromatic heterocycles. The molecule has 1 rings (SSSR count). The predicted molar refractivity (Wildman–Crippen MR) is 79.6 cm³/mol. The Labute approximate surface area is 110 Å². The van der Waals surface area contributed by atoms with Gasteiger partial charge >= 0.3 is 0 Å². The van der Waals surface area contributed by atoms with E-state index in [2.05, 4.69) is 31.0 Å². The van der Waals surface area contributed by atoms with E-state index in [1.54, 1.807) is 0 Å². The van der Waals surface area contributed by atoms with Crippen molar-refractivity contribution in [3.63, 3.8) is 0 Å². The Morgan fingerprint density at radius 3 is 2.41 bits per heavy atom. The van der Waals surface area contributed by atoms with Crippen LogP contribution < -0.4 is 15.6 Å². The summed E-state index contributed by atoms with van der Waals surface area (Å²) >= 11 is 5.10. The third kappa shape index (κ3) is 3.06. The van der Waals surface area contributed by atoms with Crippen molar-refractivity contribution in [2.75, 3.05) is 29.9 Å². The lowest BCUT2D eigenvalue weighted by Crippen LogP contribution is -2.32. The molecule has 0 aliphatic heterocycles. The summed E-state index contributed by atoms with van der Waals surface area (Å²) in [5.74, 6) is 0. The van der Waals surface area contributed by atoms with Gasteiger partial charge in [0.05, 0.1) is 5.69 Å². The van der Waals surface area contributed by atoms with E-state index in [0.29, 0.717) is 4.51 Å². The molecule has 0 radical (unpaired) electrons. The van der Waals surface area contributed by atoms with Gasteiger partial charge < -0.3 is 10.2 Å². The lowest BCUT2D eigenvalue weighted by Gasteiger charge is -2.26. The lowest BCUT2D eigenvalue weighted by atomic mass is 10.1. The van der Waals surface area contributed by atoms with Crippen LogP contribution in [-0.2, 0) is 0 Å². The van der Waals surface area contributed by atoms with Gasteiger partial charge in [-0.2, -0.15) is 0 Å². The first-order valence-corrected chi connectivity index (χ1v) is 6.90.